The maximum Gasteiger partial charge on any atom is 0.460 e. The lowest BCUT2D eigenvalue weighted by atomic mass is 10.0. The van der Waals surface area contributed by atoms with E-state index in [1.807, 2.05) is 0 Å². The lowest BCUT2D eigenvalue weighted by Crippen LogP contribution is -2.53. The van der Waals surface area contributed by atoms with Crippen LogP contribution in [0.3, 0.4) is 0 Å². The summed E-state index contributed by atoms with van der Waals surface area (Å²) in [6, 6.07) is 3.69. The largest absolute Gasteiger partial charge is 0.504 e. The normalized spacial score (nSPS) is 14.0. The van der Waals surface area contributed by atoms with E-state index in [2.05, 4.69) is 10.2 Å². The molecule has 0 saturated carbocycles. The average molecular weight is 445 g/mol. The molecule has 0 bridgehead atoms. The van der Waals surface area contributed by atoms with Crippen LogP contribution in [-0.2, 0) is 4.79 Å². The highest BCUT2D eigenvalue weighted by molar-refractivity contribution is 5.95. The number of ketones is 1. The van der Waals surface area contributed by atoms with Gasteiger partial charge < -0.3 is 5.11 Å². The van der Waals surface area contributed by atoms with Crippen LogP contribution >= 0.6 is 0 Å². The molecule has 0 fully saturated rings. The van der Waals surface area contributed by atoms with Gasteiger partial charge in [0.2, 0.25) is 5.76 Å². The number of nitro benzene ring substituents is 1. The number of halogens is 7. The molecule has 0 spiro atoms. The highest BCUT2D eigenvalue weighted by Crippen LogP contribution is 2.50. The minimum atomic E-state index is -6.74. The van der Waals surface area contributed by atoms with E-state index in [1.165, 1.54) is 0 Å². The number of non-ortho nitro benzene ring substituents is 1. The highest BCUT2D eigenvalue weighted by Gasteiger charge is 2.75. The van der Waals surface area contributed by atoms with Gasteiger partial charge in [-0.1, -0.05) is 13.3 Å². The first kappa shape index (κ1) is 25.0. The molecule has 0 atom stereocenters. The molecule has 30 heavy (non-hydrogen) atoms. The molecule has 0 saturated heterocycles. The van der Waals surface area contributed by atoms with Crippen molar-refractivity contribution in [2.75, 3.05) is 0 Å². The summed E-state index contributed by atoms with van der Waals surface area (Å²) in [7, 11) is 0. The summed E-state index contributed by atoms with van der Waals surface area (Å²) in [5, 5.41) is 26.2. The van der Waals surface area contributed by atoms with Crippen LogP contribution in [0, 0.1) is 10.1 Å². The fourth-order valence-corrected chi connectivity index (χ4v) is 1.92. The van der Waals surface area contributed by atoms with Gasteiger partial charge >= 0.3 is 18.0 Å². The van der Waals surface area contributed by atoms with E-state index >= 15 is 0 Å². The number of benzene rings is 1. The molecule has 0 aliphatic heterocycles. The Balaban J connectivity index is 3.47. The molecule has 0 heterocycles. The van der Waals surface area contributed by atoms with E-state index in [9.17, 15) is 50.7 Å². The number of hydrogen-bond acceptors (Lipinski definition) is 6. The lowest BCUT2D eigenvalue weighted by Gasteiger charge is -2.27. The van der Waals surface area contributed by atoms with Crippen LogP contribution < -0.4 is 0 Å². The second-order valence-electron chi connectivity index (χ2n) is 5.84. The maximum atomic E-state index is 13.8. The van der Waals surface area contributed by atoms with Crippen LogP contribution in [0.15, 0.2) is 46.0 Å². The number of rotatable bonds is 9. The van der Waals surface area contributed by atoms with Crippen LogP contribution in [0.1, 0.15) is 26.2 Å². The molecule has 1 rings (SSSR count). The molecular formula is C16H14F7N3O4. The van der Waals surface area contributed by atoms with Crippen LogP contribution in [0.2, 0.25) is 0 Å². The number of aliphatic hydroxyl groups excluding tert-OH is 1. The summed E-state index contributed by atoms with van der Waals surface area (Å²) < 4.78 is 91.0. The van der Waals surface area contributed by atoms with Crippen molar-refractivity contribution in [1.29, 1.82) is 0 Å². The third-order valence-electron chi connectivity index (χ3n) is 3.62. The van der Waals surface area contributed by atoms with Crippen LogP contribution in [-0.4, -0.2) is 33.8 Å². The average Bonchev–Trinajstić information content (AvgIpc) is 2.65. The second kappa shape index (κ2) is 9.17. The third kappa shape index (κ3) is 5.30. The molecule has 14 heteroatoms. The third-order valence-corrected chi connectivity index (χ3v) is 3.62. The van der Waals surface area contributed by atoms with Gasteiger partial charge in [-0.3, -0.25) is 14.9 Å². The zero-order chi connectivity index (χ0) is 23.3. The number of azo groups is 1. The summed E-state index contributed by atoms with van der Waals surface area (Å²) in [5.74, 6) is -17.3. The predicted octanol–water partition coefficient (Wildman–Crippen LogP) is 6.04. The van der Waals surface area contributed by atoms with Crippen molar-refractivity contribution >= 4 is 17.2 Å². The summed E-state index contributed by atoms with van der Waals surface area (Å²) in [4.78, 5) is 21.8. The summed E-state index contributed by atoms with van der Waals surface area (Å²) >= 11 is 0. The topological polar surface area (TPSA) is 105 Å². The number of carbonyl (C=O) groups is 1. The van der Waals surface area contributed by atoms with E-state index < -0.39 is 52.3 Å². The molecule has 0 aliphatic carbocycles. The molecular weight excluding hydrogens is 431 g/mol. The Bertz CT molecular complexity index is 849. The van der Waals surface area contributed by atoms with Crippen molar-refractivity contribution in [3.05, 3.63) is 45.8 Å². The van der Waals surface area contributed by atoms with Crippen molar-refractivity contribution in [1.82, 2.24) is 0 Å². The lowest BCUT2D eigenvalue weighted by molar-refractivity contribution is -0.384. The van der Waals surface area contributed by atoms with Gasteiger partial charge in [-0.15, -0.1) is 5.11 Å². The number of carbonyl (C=O) groups excluding carboxylic acids is 1. The molecule has 0 amide bonds. The smallest absolute Gasteiger partial charge is 0.460 e. The predicted molar refractivity (Wildman–Crippen MR) is 87.7 cm³/mol. The number of unbranched alkanes of at least 4 members (excludes halogenated alkanes) is 1. The number of allylic oxidation sites excluding steroid dienone is 2. The van der Waals surface area contributed by atoms with E-state index in [1.54, 1.807) is 6.92 Å². The molecule has 0 aliphatic rings. The molecule has 0 aromatic heterocycles. The molecule has 1 aromatic carbocycles. The number of nitrogens with zero attached hydrogens (tertiary/aromatic N) is 3. The first-order valence-electron chi connectivity index (χ1n) is 8.12. The minimum Gasteiger partial charge on any atom is -0.504 e. The van der Waals surface area contributed by atoms with E-state index in [4.69, 9.17) is 0 Å². The summed E-state index contributed by atoms with van der Waals surface area (Å²) in [5.41, 5.74) is -2.47. The molecule has 0 radical (unpaired) electrons. The molecule has 166 valence electrons. The number of nitro groups is 1. The Hall–Kier alpha value is -3.06. The van der Waals surface area contributed by atoms with Gasteiger partial charge in [-0.25, -0.2) is 0 Å². The molecule has 1 N–H and O–H groups in total. The number of hydrogen-bond donors (Lipinski definition) is 1. The Morgan fingerprint density at radius 1 is 1.10 bits per heavy atom. The first-order valence-corrected chi connectivity index (χ1v) is 8.12. The fraction of sp³-hybridized carbons (Fsp3) is 0.438. The van der Waals surface area contributed by atoms with Gasteiger partial charge in [0.1, 0.15) is 0 Å². The molecule has 0 unspecified atom stereocenters. The van der Waals surface area contributed by atoms with Crippen molar-refractivity contribution in [2.45, 2.75) is 44.2 Å². The van der Waals surface area contributed by atoms with Gasteiger partial charge in [0.05, 0.1) is 10.6 Å². The van der Waals surface area contributed by atoms with Gasteiger partial charge in [0.15, 0.2) is 11.5 Å². The SMILES string of the molecule is CCCCC(=O)C(N=Nc1ccc([N+](=O)[O-])cc1)=C(O)C(F)(F)C(F)(F)C(F)(F)F. The monoisotopic (exact) mass is 445 g/mol. The zero-order valence-electron chi connectivity index (χ0n) is 15.1. The van der Waals surface area contributed by atoms with Crippen LogP contribution in [0.4, 0.5) is 42.1 Å². The number of alkyl halides is 7. The zero-order valence-corrected chi connectivity index (χ0v) is 15.1. The Kier molecular flexibility index (Phi) is 7.64. The van der Waals surface area contributed by atoms with Crippen molar-refractivity contribution in [3.8, 4) is 0 Å². The van der Waals surface area contributed by atoms with Crippen LogP contribution in [0.25, 0.3) is 0 Å². The number of Topliss-reactive ketones (excluding diaryl/α,β-unsaturated/α-hetero) is 1. The van der Waals surface area contributed by atoms with Gasteiger partial charge in [-0.2, -0.15) is 35.8 Å². The minimum absolute atomic E-state index is 0.0316. The Morgan fingerprint density at radius 2 is 1.63 bits per heavy atom. The standard InChI is InChI=1S/C16H14F7N3O4/c1-2-3-4-11(27)12(13(28)14(17,18)15(19,20)16(21,22)23)25-24-9-5-7-10(8-6-9)26(29)30/h5-8,28H,2-4H2,1H3. The second-order valence-corrected chi connectivity index (χ2v) is 5.84. The van der Waals surface area contributed by atoms with Crippen molar-refractivity contribution in [2.24, 2.45) is 10.2 Å². The van der Waals surface area contributed by atoms with E-state index in [0.29, 0.717) is 6.42 Å². The fourth-order valence-electron chi connectivity index (χ4n) is 1.92. The van der Waals surface area contributed by atoms with Crippen LogP contribution in [0.5, 0.6) is 0 Å². The summed E-state index contributed by atoms with van der Waals surface area (Å²) in [6.45, 7) is 1.57. The van der Waals surface area contributed by atoms with Crippen molar-refractivity contribution < 1.29 is 45.6 Å². The summed E-state index contributed by atoms with van der Waals surface area (Å²) in [6.07, 6.45) is -6.97. The number of aliphatic hydroxyl groups is 1. The molecule has 7 nitrogen and oxygen atoms in total. The Labute approximate surface area is 164 Å². The van der Waals surface area contributed by atoms with E-state index in [-0.39, 0.29) is 12.1 Å². The van der Waals surface area contributed by atoms with Crippen molar-refractivity contribution in [3.63, 3.8) is 0 Å². The first-order chi connectivity index (χ1) is 13.7. The van der Waals surface area contributed by atoms with Gasteiger partial charge in [0.25, 0.3) is 5.69 Å². The molecule has 1 aromatic rings. The Morgan fingerprint density at radius 3 is 2.07 bits per heavy atom. The van der Waals surface area contributed by atoms with E-state index in [0.717, 1.165) is 24.3 Å². The van der Waals surface area contributed by atoms with Gasteiger partial charge in [0, 0.05) is 18.6 Å². The maximum absolute atomic E-state index is 13.8. The highest BCUT2D eigenvalue weighted by atomic mass is 19.4. The quantitative estimate of drug-likeness (QED) is 0.125. The van der Waals surface area contributed by atoms with Gasteiger partial charge in [-0.05, 0) is 18.6 Å².